The highest BCUT2D eigenvalue weighted by Gasteiger charge is 2.78. The standard InChI is InChI=1S/C6H11N5O11/c1-3-5(7(12)13,8(14)15)11(20,21)22-6(4-2,9(16)17)10(18)19/h20H,3-4H2,1-2H3. The fourth-order valence-corrected chi connectivity index (χ4v) is 1.46. The predicted octanol–water partition coefficient (Wildman–Crippen LogP) is -0.144. The Balaban J connectivity index is 6.20. The average Bonchev–Trinajstić information content (AvgIpc) is 2.35. The average molecular weight is 329 g/mol. The molecule has 126 valence electrons. The van der Waals surface area contributed by atoms with Crippen LogP contribution in [0.3, 0.4) is 0 Å². The van der Waals surface area contributed by atoms with Gasteiger partial charge in [0.25, 0.3) is 0 Å². The van der Waals surface area contributed by atoms with Crippen LogP contribution in [0.4, 0.5) is 0 Å². The van der Waals surface area contributed by atoms with Crippen LogP contribution in [0.2, 0.25) is 0 Å². The summed E-state index contributed by atoms with van der Waals surface area (Å²) in [5, 5.41) is 64.4. The Morgan fingerprint density at radius 1 is 0.909 bits per heavy atom. The molecule has 0 aromatic rings. The van der Waals surface area contributed by atoms with E-state index in [-0.39, 0.29) is 0 Å². The topological polar surface area (TPSA) is 225 Å². The van der Waals surface area contributed by atoms with Crippen molar-refractivity contribution in [3.8, 4) is 0 Å². The Bertz CT molecular complexity index is 475. The third-order valence-electron chi connectivity index (χ3n) is 2.81. The van der Waals surface area contributed by atoms with Crippen LogP contribution in [0.1, 0.15) is 26.7 Å². The lowest BCUT2D eigenvalue weighted by Gasteiger charge is -2.33. The number of quaternary nitrogens is 1. The lowest BCUT2D eigenvalue weighted by Crippen LogP contribution is -2.71. The first-order chi connectivity index (χ1) is 9.85. The van der Waals surface area contributed by atoms with E-state index >= 15 is 0 Å². The fourth-order valence-electron chi connectivity index (χ4n) is 1.46. The van der Waals surface area contributed by atoms with Crippen LogP contribution in [-0.2, 0) is 4.84 Å². The summed E-state index contributed by atoms with van der Waals surface area (Å²) in [5.41, 5.74) is 0. The molecule has 0 aromatic heterocycles. The second kappa shape index (κ2) is 6.05. The van der Waals surface area contributed by atoms with Gasteiger partial charge >= 0.3 is 11.6 Å². The molecule has 0 aliphatic rings. The summed E-state index contributed by atoms with van der Waals surface area (Å²) in [6.07, 6.45) is -2.42. The molecule has 0 aliphatic heterocycles. The molecule has 16 heteroatoms. The van der Waals surface area contributed by atoms with Gasteiger partial charge < -0.3 is 5.21 Å². The largest absolute Gasteiger partial charge is 0.643 e. The lowest BCUT2D eigenvalue weighted by atomic mass is 10.3. The first kappa shape index (κ1) is 19.4. The van der Waals surface area contributed by atoms with Crippen molar-refractivity contribution in [3.63, 3.8) is 0 Å². The third-order valence-corrected chi connectivity index (χ3v) is 2.81. The molecule has 0 saturated heterocycles. The predicted molar refractivity (Wildman–Crippen MR) is 60.5 cm³/mol. The second-order valence-electron chi connectivity index (χ2n) is 3.86. The molecule has 0 bridgehead atoms. The third kappa shape index (κ3) is 2.62. The Labute approximate surface area is 120 Å². The molecule has 0 aliphatic carbocycles. The molecular formula is C6H11N5O11. The van der Waals surface area contributed by atoms with E-state index < -0.39 is 49.1 Å². The number of hydrogen-bond acceptors (Lipinski definition) is 11. The van der Waals surface area contributed by atoms with Crippen LogP contribution in [0.15, 0.2) is 0 Å². The summed E-state index contributed by atoms with van der Waals surface area (Å²) in [7, 11) is 0. The van der Waals surface area contributed by atoms with Crippen molar-refractivity contribution in [1.29, 1.82) is 0 Å². The molecule has 0 aromatic carbocycles. The van der Waals surface area contributed by atoms with E-state index in [1.54, 1.807) is 0 Å². The lowest BCUT2D eigenvalue weighted by molar-refractivity contribution is -1.35. The minimum Gasteiger partial charge on any atom is -0.552 e. The maximum Gasteiger partial charge on any atom is 0.643 e. The van der Waals surface area contributed by atoms with E-state index in [4.69, 9.17) is 0 Å². The van der Waals surface area contributed by atoms with Gasteiger partial charge in [0.2, 0.25) is 0 Å². The smallest absolute Gasteiger partial charge is 0.552 e. The molecule has 1 N–H and O–H groups in total. The normalized spacial score (nSPS) is 14.9. The Hall–Kier alpha value is -2.56. The van der Waals surface area contributed by atoms with Gasteiger partial charge in [-0.05, 0) is 18.7 Å². The minimum atomic E-state index is -4.04. The van der Waals surface area contributed by atoms with Gasteiger partial charge in [-0.25, -0.2) is 0 Å². The van der Waals surface area contributed by atoms with Crippen LogP contribution in [0.25, 0.3) is 0 Å². The molecular weight excluding hydrogens is 318 g/mol. The molecule has 22 heavy (non-hydrogen) atoms. The SMILES string of the molecule is CCC(O[N+]([O-])(O)C(CC)([N+](=O)[O-])[N+](=O)[O-])([N+](=O)[O-])[N+](=O)[O-]. The van der Waals surface area contributed by atoms with Gasteiger partial charge in [-0.3, -0.25) is 40.5 Å². The maximum atomic E-state index is 11.8. The zero-order chi connectivity index (χ0) is 17.9. The van der Waals surface area contributed by atoms with Crippen molar-refractivity contribution in [1.82, 2.24) is 0 Å². The Kier molecular flexibility index (Phi) is 5.35. The zero-order valence-electron chi connectivity index (χ0n) is 11.2. The van der Waals surface area contributed by atoms with Crippen molar-refractivity contribution < 1.29 is 34.7 Å². The van der Waals surface area contributed by atoms with Gasteiger partial charge in [0.15, 0.2) is 16.3 Å². The molecule has 1 unspecified atom stereocenters. The van der Waals surface area contributed by atoms with E-state index in [9.17, 15) is 50.9 Å². The monoisotopic (exact) mass is 329 g/mol. The van der Waals surface area contributed by atoms with Gasteiger partial charge in [0.05, 0.1) is 4.97 Å². The molecule has 1 atom stereocenters. The van der Waals surface area contributed by atoms with Crippen molar-refractivity contribution >= 4 is 0 Å². The molecule has 16 nitrogen and oxygen atoms in total. The Morgan fingerprint density at radius 2 is 1.27 bits per heavy atom. The highest BCUT2D eigenvalue weighted by Crippen LogP contribution is 2.33. The second-order valence-corrected chi connectivity index (χ2v) is 3.86. The fraction of sp³-hybridized carbons (Fsp3) is 1.00. The zero-order valence-corrected chi connectivity index (χ0v) is 11.2. The molecule has 0 amide bonds. The first-order valence-electron chi connectivity index (χ1n) is 5.47. The van der Waals surface area contributed by atoms with Gasteiger partial charge in [-0.1, -0.05) is 0 Å². The molecule has 0 heterocycles. The van der Waals surface area contributed by atoms with Crippen molar-refractivity contribution in [3.05, 3.63) is 45.7 Å². The highest BCUT2D eigenvalue weighted by molar-refractivity contribution is 4.53. The maximum absolute atomic E-state index is 11.8. The molecule has 0 spiro atoms. The molecule has 0 saturated carbocycles. The van der Waals surface area contributed by atoms with Crippen LogP contribution in [0, 0.1) is 45.7 Å². The van der Waals surface area contributed by atoms with Gasteiger partial charge in [0, 0.05) is 0 Å². The van der Waals surface area contributed by atoms with Crippen molar-refractivity contribution in [2.24, 2.45) is 0 Å². The van der Waals surface area contributed by atoms with Gasteiger partial charge in [-0.15, -0.1) is 0 Å². The minimum absolute atomic E-state index is 0.738. The molecule has 0 radical (unpaired) electrons. The van der Waals surface area contributed by atoms with E-state index in [0.717, 1.165) is 13.8 Å². The first-order valence-corrected chi connectivity index (χ1v) is 5.47. The molecule has 0 rings (SSSR count). The molecule has 0 fully saturated rings. The summed E-state index contributed by atoms with van der Waals surface area (Å²) in [5.74, 6) is -7.84. The van der Waals surface area contributed by atoms with Gasteiger partial charge in [-0.2, -0.15) is 5.21 Å². The van der Waals surface area contributed by atoms with E-state index in [1.165, 1.54) is 0 Å². The quantitative estimate of drug-likeness (QED) is 0.253. The van der Waals surface area contributed by atoms with Gasteiger partial charge in [0.1, 0.15) is 16.3 Å². The van der Waals surface area contributed by atoms with Crippen LogP contribution in [-0.4, -0.2) is 41.5 Å². The number of hydroxylamine groups is 3. The number of nitrogens with zero attached hydrogens (tertiary/aromatic N) is 5. The Morgan fingerprint density at radius 3 is 1.45 bits per heavy atom. The summed E-state index contributed by atoms with van der Waals surface area (Å²) in [6.45, 7) is 1.54. The van der Waals surface area contributed by atoms with E-state index in [1.807, 2.05) is 0 Å². The highest BCUT2D eigenvalue weighted by atomic mass is 17.2. The van der Waals surface area contributed by atoms with E-state index in [0.29, 0.717) is 0 Å². The van der Waals surface area contributed by atoms with Crippen LogP contribution < -0.4 is 0 Å². The summed E-state index contributed by atoms with van der Waals surface area (Å²) in [4.78, 5) is 35.8. The number of nitro groups is 4. The van der Waals surface area contributed by atoms with Crippen LogP contribution in [0.5, 0.6) is 0 Å². The van der Waals surface area contributed by atoms with E-state index in [2.05, 4.69) is 4.84 Å². The van der Waals surface area contributed by atoms with Crippen molar-refractivity contribution in [2.45, 2.75) is 38.3 Å². The summed E-state index contributed by atoms with van der Waals surface area (Å²) in [6, 6.07) is 0. The number of hydrogen-bond donors (Lipinski definition) is 1. The number of rotatable bonds is 9. The van der Waals surface area contributed by atoms with Crippen LogP contribution >= 0.6 is 0 Å². The summed E-state index contributed by atoms with van der Waals surface area (Å²) >= 11 is 0. The summed E-state index contributed by atoms with van der Waals surface area (Å²) < 4.78 is 0. The van der Waals surface area contributed by atoms with Crippen molar-refractivity contribution in [2.75, 3.05) is 0 Å².